The van der Waals surface area contributed by atoms with Crippen LogP contribution < -0.4 is 9.80 Å². The number of halogens is 1. The van der Waals surface area contributed by atoms with Gasteiger partial charge in [-0.2, -0.15) is 0 Å². The fraction of sp³-hybridized carbons (Fsp3) is 0.238. The molecule has 4 atom stereocenters. The summed E-state index contributed by atoms with van der Waals surface area (Å²) < 4.78 is 0. The van der Waals surface area contributed by atoms with E-state index in [0.29, 0.717) is 17.7 Å². The molecule has 2 aromatic rings. The van der Waals surface area contributed by atoms with Crippen molar-refractivity contribution in [2.45, 2.75) is 11.5 Å². The Morgan fingerprint density at radius 2 is 1.41 bits per heavy atom. The van der Waals surface area contributed by atoms with Gasteiger partial charge in [-0.25, -0.2) is 9.69 Å². The molecule has 29 heavy (non-hydrogen) atoms. The second-order valence-corrected chi connectivity index (χ2v) is 7.50. The molecule has 2 heterocycles. The average Bonchev–Trinajstić information content (AvgIpc) is 2.73. The third-order valence-electron chi connectivity index (χ3n) is 5.40. The first-order valence-corrected chi connectivity index (χ1v) is 9.54. The Balaban J connectivity index is 1.90. The molecular formula is C21H18ClN3O4. The molecule has 0 N–H and O–H groups in total. The maximum Gasteiger partial charge on any atom is 0.337 e. The number of benzene rings is 2. The summed E-state index contributed by atoms with van der Waals surface area (Å²) in [5.74, 6) is -3.18. The fourth-order valence-electron chi connectivity index (χ4n) is 3.99. The molecule has 4 amide bonds. The minimum absolute atomic E-state index is 0.396. The quantitative estimate of drug-likeness (QED) is 0.441. The highest BCUT2D eigenvalue weighted by Crippen LogP contribution is 2.41. The number of anilines is 2. The molecule has 7 nitrogen and oxygen atoms in total. The highest BCUT2D eigenvalue weighted by Gasteiger charge is 2.58. The van der Waals surface area contributed by atoms with Crippen molar-refractivity contribution in [3.05, 3.63) is 60.7 Å². The first-order valence-electron chi connectivity index (χ1n) is 9.10. The monoisotopic (exact) mass is 411 g/mol. The predicted octanol–water partition coefficient (Wildman–Crippen LogP) is 2.50. The molecule has 2 aromatic carbocycles. The van der Waals surface area contributed by atoms with Crippen molar-refractivity contribution in [2.75, 3.05) is 16.8 Å². The van der Waals surface area contributed by atoms with Gasteiger partial charge >= 0.3 is 6.03 Å². The summed E-state index contributed by atoms with van der Waals surface area (Å²) in [6.07, 6.45) is -0.459. The average molecular weight is 412 g/mol. The van der Waals surface area contributed by atoms with E-state index in [2.05, 4.69) is 0 Å². The van der Waals surface area contributed by atoms with E-state index in [1.165, 1.54) is 16.8 Å². The van der Waals surface area contributed by atoms with Crippen molar-refractivity contribution in [2.24, 2.45) is 11.8 Å². The SMILES string of the molecule is CN1C(=O)C(C=O)C(Cl)C2C(=O)N(c3ccccc3)C(=O)N(c3ccccc3)C21. The number of piperidine rings is 1. The van der Waals surface area contributed by atoms with Crippen LogP contribution in [0.5, 0.6) is 0 Å². The Bertz CT molecular complexity index is 968. The number of amides is 4. The van der Waals surface area contributed by atoms with Gasteiger partial charge in [0.05, 0.1) is 17.0 Å². The zero-order valence-corrected chi connectivity index (χ0v) is 16.3. The first kappa shape index (κ1) is 19.1. The molecule has 0 spiro atoms. The van der Waals surface area contributed by atoms with Crippen LogP contribution in [0.4, 0.5) is 16.2 Å². The number of nitrogens with zero attached hydrogens (tertiary/aromatic N) is 3. The molecule has 0 aliphatic carbocycles. The zero-order chi connectivity index (χ0) is 20.7. The summed E-state index contributed by atoms with van der Waals surface area (Å²) in [5, 5.41) is -1.07. The number of aldehydes is 1. The first-order chi connectivity index (χ1) is 14.0. The lowest BCUT2D eigenvalue weighted by Crippen LogP contribution is -2.73. The predicted molar refractivity (Wildman–Crippen MR) is 107 cm³/mol. The summed E-state index contributed by atoms with van der Waals surface area (Å²) in [5.41, 5.74) is 0.918. The lowest BCUT2D eigenvalue weighted by Gasteiger charge is -2.52. The maximum atomic E-state index is 13.5. The van der Waals surface area contributed by atoms with Gasteiger partial charge in [-0.05, 0) is 24.3 Å². The summed E-state index contributed by atoms with van der Waals surface area (Å²) in [6, 6.07) is 16.7. The van der Waals surface area contributed by atoms with Gasteiger partial charge in [-0.1, -0.05) is 36.4 Å². The Hall–Kier alpha value is -3.19. The number of hydrogen-bond acceptors (Lipinski definition) is 4. The zero-order valence-electron chi connectivity index (χ0n) is 15.5. The Morgan fingerprint density at radius 1 is 0.862 bits per heavy atom. The highest BCUT2D eigenvalue weighted by atomic mass is 35.5. The van der Waals surface area contributed by atoms with Gasteiger partial charge < -0.3 is 9.69 Å². The number of para-hydroxylation sites is 2. The molecule has 2 aliphatic heterocycles. The summed E-state index contributed by atoms with van der Waals surface area (Å²) >= 11 is 6.50. The maximum absolute atomic E-state index is 13.5. The number of fused-ring (bicyclic) bond motifs is 1. The molecule has 2 saturated heterocycles. The number of urea groups is 1. The lowest BCUT2D eigenvalue weighted by atomic mass is 9.83. The Kier molecular flexibility index (Phi) is 4.84. The molecule has 0 saturated carbocycles. The van der Waals surface area contributed by atoms with Crippen molar-refractivity contribution in [1.29, 1.82) is 0 Å². The highest BCUT2D eigenvalue weighted by molar-refractivity contribution is 6.30. The molecule has 0 aromatic heterocycles. The Labute approximate surface area is 172 Å². The standard InChI is InChI=1S/C21H18ClN3O4/c1-23-18-16(17(22)15(12-26)19(23)27)20(28)25(14-10-6-3-7-11-14)21(29)24(18)13-8-4-2-5-9-13/h2-12,15-18H,1H3. The van der Waals surface area contributed by atoms with Gasteiger partial charge in [-0.3, -0.25) is 14.5 Å². The van der Waals surface area contributed by atoms with Crippen molar-refractivity contribution in [3.8, 4) is 0 Å². The molecule has 4 unspecified atom stereocenters. The van der Waals surface area contributed by atoms with Crippen molar-refractivity contribution in [3.63, 3.8) is 0 Å². The van der Waals surface area contributed by atoms with Crippen molar-refractivity contribution >= 4 is 47.1 Å². The topological polar surface area (TPSA) is 78.0 Å². The van der Waals surface area contributed by atoms with Gasteiger partial charge in [0.15, 0.2) is 0 Å². The van der Waals surface area contributed by atoms with Crippen LogP contribution >= 0.6 is 11.6 Å². The third-order valence-corrected chi connectivity index (χ3v) is 5.94. The normalized spacial score (nSPS) is 27.1. The van der Waals surface area contributed by atoms with Crippen LogP contribution in [0, 0.1) is 11.8 Å². The summed E-state index contributed by atoms with van der Waals surface area (Å²) in [4.78, 5) is 54.9. The minimum atomic E-state index is -1.16. The van der Waals surface area contributed by atoms with Crippen LogP contribution in [0.2, 0.25) is 0 Å². The number of alkyl halides is 1. The van der Waals surface area contributed by atoms with Crippen LogP contribution in [0.15, 0.2) is 60.7 Å². The van der Waals surface area contributed by atoms with Gasteiger partial charge in [-0.15, -0.1) is 11.6 Å². The van der Waals surface area contributed by atoms with E-state index in [9.17, 15) is 19.2 Å². The van der Waals surface area contributed by atoms with Crippen LogP contribution in [0.3, 0.4) is 0 Å². The van der Waals surface area contributed by atoms with Gasteiger partial charge in [0.1, 0.15) is 18.4 Å². The molecular weight excluding hydrogens is 394 g/mol. The smallest absolute Gasteiger partial charge is 0.323 e. The second kappa shape index (κ2) is 7.33. The van der Waals surface area contributed by atoms with E-state index in [4.69, 9.17) is 11.6 Å². The summed E-state index contributed by atoms with van der Waals surface area (Å²) in [6.45, 7) is 0. The van der Waals surface area contributed by atoms with E-state index < -0.39 is 41.2 Å². The lowest BCUT2D eigenvalue weighted by molar-refractivity contribution is -0.147. The van der Waals surface area contributed by atoms with Gasteiger partial charge in [0.25, 0.3) is 0 Å². The second-order valence-electron chi connectivity index (χ2n) is 6.99. The molecule has 148 valence electrons. The molecule has 0 bridgehead atoms. The number of carbonyl (C=O) groups is 4. The molecule has 0 radical (unpaired) electrons. The van der Waals surface area contributed by atoms with Crippen LogP contribution in [0.1, 0.15) is 0 Å². The van der Waals surface area contributed by atoms with E-state index in [-0.39, 0.29) is 0 Å². The number of hydrogen-bond donors (Lipinski definition) is 0. The third kappa shape index (κ3) is 2.89. The van der Waals surface area contributed by atoms with E-state index >= 15 is 0 Å². The summed E-state index contributed by atoms with van der Waals surface area (Å²) in [7, 11) is 1.48. The minimum Gasteiger partial charge on any atom is -0.323 e. The van der Waals surface area contributed by atoms with E-state index in [1.54, 1.807) is 60.7 Å². The molecule has 2 aliphatic rings. The number of imide groups is 1. The van der Waals surface area contributed by atoms with E-state index in [0.717, 1.165) is 4.90 Å². The van der Waals surface area contributed by atoms with Gasteiger partial charge in [0, 0.05) is 12.7 Å². The Morgan fingerprint density at radius 3 is 1.97 bits per heavy atom. The van der Waals surface area contributed by atoms with Crippen LogP contribution in [-0.2, 0) is 14.4 Å². The number of likely N-dealkylation sites (tertiary alicyclic amines) is 1. The number of carbonyl (C=O) groups excluding carboxylic acids is 4. The molecule has 8 heteroatoms. The molecule has 4 rings (SSSR count). The van der Waals surface area contributed by atoms with Crippen LogP contribution in [-0.4, -0.2) is 47.6 Å². The van der Waals surface area contributed by atoms with Crippen molar-refractivity contribution < 1.29 is 19.2 Å². The number of rotatable bonds is 3. The van der Waals surface area contributed by atoms with Crippen LogP contribution in [0.25, 0.3) is 0 Å². The van der Waals surface area contributed by atoms with E-state index in [1.807, 2.05) is 0 Å². The largest absolute Gasteiger partial charge is 0.337 e. The fourth-order valence-corrected chi connectivity index (χ4v) is 4.40. The van der Waals surface area contributed by atoms with Crippen molar-refractivity contribution in [1.82, 2.24) is 4.90 Å². The van der Waals surface area contributed by atoms with Gasteiger partial charge in [0.2, 0.25) is 11.8 Å². The molecule has 2 fully saturated rings.